The van der Waals surface area contributed by atoms with Crippen LogP contribution in [0, 0.1) is 22.7 Å². The van der Waals surface area contributed by atoms with E-state index in [1.165, 1.54) is 38.5 Å². The van der Waals surface area contributed by atoms with E-state index in [1.54, 1.807) is 0 Å². The highest BCUT2D eigenvalue weighted by Crippen LogP contribution is 2.39. The van der Waals surface area contributed by atoms with Crippen molar-refractivity contribution in [1.29, 1.82) is 10.5 Å². The summed E-state index contributed by atoms with van der Waals surface area (Å²) < 4.78 is 12.7. The fourth-order valence-corrected chi connectivity index (χ4v) is 10.7. The molecule has 0 atom stereocenters. The molecule has 0 aromatic heterocycles. The number of nitrogens with zero attached hydrogens (tertiary/aromatic N) is 4. The molecule has 2 fully saturated rings. The summed E-state index contributed by atoms with van der Waals surface area (Å²) in [5.41, 5.74) is 11.4. The average Bonchev–Trinajstić information content (AvgIpc) is 3.46. The van der Waals surface area contributed by atoms with Crippen LogP contribution in [0.4, 0.5) is 34.1 Å². The molecule has 9 aromatic rings. The molecule has 0 spiro atoms. The van der Waals surface area contributed by atoms with E-state index in [1.807, 2.05) is 48.5 Å². The minimum atomic E-state index is 0.305. The minimum absolute atomic E-state index is 0.305. The van der Waals surface area contributed by atoms with Crippen molar-refractivity contribution < 1.29 is 9.47 Å². The summed E-state index contributed by atoms with van der Waals surface area (Å²) >= 11 is 0. The number of hydrogen-bond donors (Lipinski definition) is 0. The molecule has 2 aliphatic rings. The molecule has 0 amide bonds. The second-order valence-corrected chi connectivity index (χ2v) is 19.5. The van der Waals surface area contributed by atoms with Gasteiger partial charge in [-0.15, -0.1) is 0 Å². The maximum Gasteiger partial charge on any atom is 0.119 e. The van der Waals surface area contributed by atoms with Crippen molar-refractivity contribution in [1.82, 2.24) is 0 Å². The number of hydrogen-bond acceptors (Lipinski definition) is 6. The number of para-hydroxylation sites is 2. The van der Waals surface area contributed by atoms with Crippen LogP contribution in [-0.2, 0) is 0 Å². The van der Waals surface area contributed by atoms with Crippen molar-refractivity contribution in [3.8, 4) is 23.6 Å². The highest BCUT2D eigenvalue weighted by atomic mass is 16.5. The van der Waals surface area contributed by atoms with Crippen LogP contribution in [0.3, 0.4) is 0 Å². The molecule has 6 heteroatoms. The fraction of sp³-hybridized carbons (Fsp3) is 0.176. The quantitative estimate of drug-likeness (QED) is 0.0799. The molecule has 2 saturated carbocycles. The Labute approximate surface area is 435 Å². The van der Waals surface area contributed by atoms with E-state index in [4.69, 9.17) is 9.47 Å². The Morgan fingerprint density at radius 1 is 0.338 bits per heavy atom. The van der Waals surface area contributed by atoms with Gasteiger partial charge in [0.2, 0.25) is 0 Å². The van der Waals surface area contributed by atoms with Crippen LogP contribution in [0.5, 0.6) is 11.5 Å². The zero-order valence-corrected chi connectivity index (χ0v) is 41.6. The van der Waals surface area contributed by atoms with Crippen molar-refractivity contribution in [2.45, 2.75) is 76.4 Å². The SMILES string of the molecule is N#Cc1c2ccc(C=Cc3ccc(N(c4ccccc4)c4ccc(OC5CCCCC5)cc4)cc3)cc2c(C#N)c2ccc(C=Cc3ccc(N(c4ccccc4)c4ccc(OC5CCCCC5)cc4)cc3)cc12. The first kappa shape index (κ1) is 47.5. The van der Waals surface area contributed by atoms with E-state index in [9.17, 15) is 10.5 Å². The first-order chi connectivity index (χ1) is 36.6. The molecule has 74 heavy (non-hydrogen) atoms. The lowest BCUT2D eigenvalue weighted by molar-refractivity contribution is 0.155. The van der Waals surface area contributed by atoms with Crippen molar-refractivity contribution in [2.75, 3.05) is 9.80 Å². The van der Waals surface area contributed by atoms with Crippen molar-refractivity contribution in [3.05, 3.63) is 228 Å². The molecule has 11 rings (SSSR count). The summed E-state index contributed by atoms with van der Waals surface area (Å²) in [6.07, 6.45) is 21.0. The molecule has 2 aliphatic carbocycles. The van der Waals surface area contributed by atoms with Gasteiger partial charge in [-0.3, -0.25) is 0 Å². The Morgan fingerprint density at radius 2 is 0.649 bits per heavy atom. The van der Waals surface area contributed by atoms with Gasteiger partial charge in [-0.2, -0.15) is 10.5 Å². The third kappa shape index (κ3) is 10.7. The Balaban J connectivity index is 0.806. The van der Waals surface area contributed by atoms with Crippen LogP contribution in [-0.4, -0.2) is 12.2 Å². The molecule has 0 saturated heterocycles. The van der Waals surface area contributed by atoms with Crippen LogP contribution < -0.4 is 19.3 Å². The lowest BCUT2D eigenvalue weighted by atomic mass is 9.90. The number of rotatable bonds is 14. The van der Waals surface area contributed by atoms with Gasteiger partial charge in [0.15, 0.2) is 0 Å². The normalized spacial score (nSPS) is 14.2. The first-order valence-electron chi connectivity index (χ1n) is 26.2. The van der Waals surface area contributed by atoms with Crippen molar-refractivity contribution >= 4 is 80.0 Å². The number of ether oxygens (including phenoxy) is 2. The lowest BCUT2D eigenvalue weighted by Gasteiger charge is -2.26. The van der Waals surface area contributed by atoms with Gasteiger partial charge >= 0.3 is 0 Å². The van der Waals surface area contributed by atoms with E-state index < -0.39 is 0 Å². The highest BCUT2D eigenvalue weighted by Gasteiger charge is 2.19. The molecule has 6 nitrogen and oxygen atoms in total. The number of fused-ring (bicyclic) bond motifs is 2. The van der Waals surface area contributed by atoms with Crippen LogP contribution in [0.1, 0.15) is 97.6 Å². The zero-order chi connectivity index (χ0) is 50.1. The smallest absolute Gasteiger partial charge is 0.119 e. The number of nitriles is 2. The van der Waals surface area contributed by atoms with E-state index in [0.717, 1.165) is 115 Å². The minimum Gasteiger partial charge on any atom is -0.490 e. The van der Waals surface area contributed by atoms with Crippen molar-refractivity contribution in [3.63, 3.8) is 0 Å². The van der Waals surface area contributed by atoms with Gasteiger partial charge in [0.05, 0.1) is 23.3 Å². The van der Waals surface area contributed by atoms with Gasteiger partial charge < -0.3 is 19.3 Å². The Hall–Kier alpha value is -8.84. The summed E-state index contributed by atoms with van der Waals surface area (Å²) in [5.74, 6) is 1.84. The molecule has 0 heterocycles. The zero-order valence-electron chi connectivity index (χ0n) is 41.6. The Bertz CT molecular complexity index is 3270. The molecule has 0 radical (unpaired) electrons. The topological polar surface area (TPSA) is 72.5 Å². The van der Waals surface area contributed by atoms with Gasteiger partial charge in [0, 0.05) is 55.7 Å². The second kappa shape index (κ2) is 22.3. The molecule has 0 unspecified atom stereocenters. The van der Waals surface area contributed by atoms with Crippen molar-refractivity contribution in [2.24, 2.45) is 0 Å². The maximum absolute atomic E-state index is 10.6. The standard InChI is InChI=1S/C68H58N4O2/c69-47-67-64-44-30-52(24-22-50-27-33-56(34-28-50)72(54-15-7-2-8-16-54)58-37-41-62(42-38-58)74-60-19-11-4-12-20-60)46-66(64)68(48-70)63-43-29-51(45-65(63)67)23-21-49-25-31-55(32-26-49)71(53-13-5-1-6-14-53)57-35-39-61(40-36-57)73-59-17-9-3-10-18-59/h1-2,5-8,13-16,21-46,59-60H,3-4,9-12,17-20H2. The predicted molar refractivity (Wildman–Crippen MR) is 306 cm³/mol. The Morgan fingerprint density at radius 3 is 1.00 bits per heavy atom. The summed E-state index contributed by atoms with van der Waals surface area (Å²) in [6.45, 7) is 0. The molecule has 9 aromatic carbocycles. The first-order valence-corrected chi connectivity index (χ1v) is 26.2. The second-order valence-electron chi connectivity index (χ2n) is 19.5. The highest BCUT2D eigenvalue weighted by molar-refractivity contribution is 6.10. The van der Waals surface area contributed by atoms with Gasteiger partial charge in [-0.05, 0) is 183 Å². The fourth-order valence-electron chi connectivity index (χ4n) is 10.7. The van der Waals surface area contributed by atoms with E-state index in [-0.39, 0.29) is 0 Å². The third-order valence-electron chi connectivity index (χ3n) is 14.6. The number of anilines is 6. The van der Waals surface area contributed by atoms with E-state index in [0.29, 0.717) is 23.3 Å². The molecule has 362 valence electrons. The molecule has 0 bridgehead atoms. The lowest BCUT2D eigenvalue weighted by Crippen LogP contribution is -2.19. The molecular weight excluding hydrogens is 905 g/mol. The summed E-state index contributed by atoms with van der Waals surface area (Å²) in [4.78, 5) is 4.52. The average molecular weight is 963 g/mol. The van der Waals surface area contributed by atoms with Gasteiger partial charge in [-0.25, -0.2) is 0 Å². The summed E-state index contributed by atoms with van der Waals surface area (Å²) in [6, 6.07) is 71.9. The monoisotopic (exact) mass is 962 g/mol. The molecule has 0 aliphatic heterocycles. The predicted octanol–water partition coefficient (Wildman–Crippen LogP) is 18.4. The van der Waals surface area contributed by atoms with Crippen LogP contribution in [0.25, 0.3) is 45.8 Å². The largest absolute Gasteiger partial charge is 0.490 e. The summed E-state index contributed by atoms with van der Waals surface area (Å²) in [5, 5.41) is 24.3. The van der Waals surface area contributed by atoms with Gasteiger partial charge in [-0.1, -0.05) is 122 Å². The van der Waals surface area contributed by atoms with Gasteiger partial charge in [0.1, 0.15) is 23.6 Å². The van der Waals surface area contributed by atoms with Crippen LogP contribution >= 0.6 is 0 Å². The molecule has 0 N–H and O–H groups in total. The Kier molecular flexibility index (Phi) is 14.3. The van der Waals surface area contributed by atoms with E-state index >= 15 is 0 Å². The maximum atomic E-state index is 10.6. The van der Waals surface area contributed by atoms with Crippen LogP contribution in [0.2, 0.25) is 0 Å². The molecular formula is C68H58N4O2. The third-order valence-corrected chi connectivity index (χ3v) is 14.6. The number of benzene rings is 9. The van der Waals surface area contributed by atoms with E-state index in [2.05, 4.69) is 192 Å². The van der Waals surface area contributed by atoms with Crippen LogP contribution in [0.15, 0.2) is 194 Å². The van der Waals surface area contributed by atoms with Gasteiger partial charge in [0.25, 0.3) is 0 Å². The summed E-state index contributed by atoms with van der Waals surface area (Å²) in [7, 11) is 0.